The van der Waals surface area contributed by atoms with Crippen molar-refractivity contribution in [3.05, 3.63) is 11.1 Å². The van der Waals surface area contributed by atoms with E-state index in [0.29, 0.717) is 22.6 Å². The number of likely N-dealkylation sites (tertiary alicyclic amines) is 1. The number of anilines is 1. The molecule has 1 aromatic rings. The van der Waals surface area contributed by atoms with Crippen molar-refractivity contribution in [2.24, 2.45) is 0 Å². The van der Waals surface area contributed by atoms with Crippen molar-refractivity contribution in [1.82, 2.24) is 15.2 Å². The topological polar surface area (TPSA) is 91.5 Å². The van der Waals surface area contributed by atoms with Crippen molar-refractivity contribution in [2.45, 2.75) is 31.7 Å². The minimum atomic E-state index is -0.114. The first-order valence-corrected chi connectivity index (χ1v) is 7.86. The molecule has 7 heteroatoms. The van der Waals surface area contributed by atoms with Crippen LogP contribution in [0.2, 0.25) is 0 Å². The molecule has 1 unspecified atom stereocenters. The summed E-state index contributed by atoms with van der Waals surface area (Å²) in [6.07, 6.45) is 5.86. The van der Waals surface area contributed by atoms with E-state index in [2.05, 4.69) is 15.2 Å². The molecule has 1 fully saturated rings. The van der Waals surface area contributed by atoms with E-state index in [1.807, 2.05) is 0 Å². The molecular weight excluding hydrogens is 276 g/mol. The van der Waals surface area contributed by atoms with Gasteiger partial charge in [-0.3, -0.25) is 9.69 Å². The molecule has 1 aromatic heterocycles. The predicted octanol–water partition coefficient (Wildman–Crippen LogP) is 0.692. The molecule has 4 N–H and O–H groups in total. The van der Waals surface area contributed by atoms with Crippen molar-refractivity contribution < 1.29 is 9.90 Å². The van der Waals surface area contributed by atoms with Crippen LogP contribution in [0.1, 0.15) is 35.4 Å². The fraction of sp³-hybridized carbons (Fsp3) is 0.692. The van der Waals surface area contributed by atoms with Crippen LogP contribution in [-0.2, 0) is 0 Å². The number of nitrogen functional groups attached to an aromatic ring is 1. The van der Waals surface area contributed by atoms with Gasteiger partial charge in [-0.2, -0.15) is 0 Å². The van der Waals surface area contributed by atoms with Gasteiger partial charge in [0.15, 0.2) is 5.13 Å². The third kappa shape index (κ3) is 4.16. The van der Waals surface area contributed by atoms with Gasteiger partial charge in [-0.15, -0.1) is 0 Å². The summed E-state index contributed by atoms with van der Waals surface area (Å²) in [6, 6.07) is 0.292. The number of nitrogens with zero attached hydrogens (tertiary/aromatic N) is 2. The van der Waals surface area contributed by atoms with Crippen LogP contribution >= 0.6 is 11.3 Å². The molecule has 1 amide bonds. The fourth-order valence-corrected chi connectivity index (χ4v) is 3.13. The first-order valence-electron chi connectivity index (χ1n) is 7.05. The van der Waals surface area contributed by atoms with Gasteiger partial charge in [0.2, 0.25) is 0 Å². The molecule has 6 nitrogen and oxygen atoms in total. The summed E-state index contributed by atoms with van der Waals surface area (Å²) in [5.41, 5.74) is 5.50. The molecule has 0 bridgehead atoms. The molecule has 1 saturated heterocycles. The van der Waals surface area contributed by atoms with E-state index < -0.39 is 0 Å². The highest BCUT2D eigenvalue weighted by molar-refractivity contribution is 7.17. The summed E-state index contributed by atoms with van der Waals surface area (Å²) in [4.78, 5) is 18.5. The summed E-state index contributed by atoms with van der Waals surface area (Å²) in [7, 11) is 0. The second-order valence-electron chi connectivity index (χ2n) is 5.04. The van der Waals surface area contributed by atoms with Gasteiger partial charge in [0, 0.05) is 19.1 Å². The molecule has 1 atom stereocenters. The summed E-state index contributed by atoms with van der Waals surface area (Å²) in [5, 5.41) is 12.6. The maximum absolute atomic E-state index is 11.8. The van der Waals surface area contributed by atoms with Crippen molar-refractivity contribution in [2.75, 3.05) is 32.0 Å². The maximum Gasteiger partial charge on any atom is 0.263 e. The second-order valence-corrected chi connectivity index (χ2v) is 6.10. The highest BCUT2D eigenvalue weighted by Gasteiger charge is 2.20. The fourth-order valence-electron chi connectivity index (χ4n) is 2.52. The van der Waals surface area contributed by atoms with Crippen LogP contribution in [0, 0.1) is 0 Å². The molecule has 0 aliphatic carbocycles. The van der Waals surface area contributed by atoms with E-state index in [9.17, 15) is 9.90 Å². The lowest BCUT2D eigenvalue weighted by Crippen LogP contribution is -2.43. The number of nitrogens with one attached hydrogen (secondary N) is 1. The van der Waals surface area contributed by atoms with E-state index in [1.54, 1.807) is 0 Å². The molecule has 2 heterocycles. The number of carbonyl (C=O) groups is 1. The van der Waals surface area contributed by atoms with Crippen molar-refractivity contribution in [1.29, 1.82) is 0 Å². The molecule has 0 radical (unpaired) electrons. The summed E-state index contributed by atoms with van der Waals surface area (Å²) in [5.74, 6) is -0.114. The predicted molar refractivity (Wildman–Crippen MR) is 79.8 cm³/mol. The first kappa shape index (κ1) is 15.2. The second kappa shape index (κ2) is 7.56. The third-order valence-electron chi connectivity index (χ3n) is 3.61. The summed E-state index contributed by atoms with van der Waals surface area (Å²) in [6.45, 7) is 2.82. The SMILES string of the molecule is Nc1ncc(C(=O)NCCCN2CCCCC2CO)s1. The molecule has 0 saturated carbocycles. The minimum Gasteiger partial charge on any atom is -0.395 e. The van der Waals surface area contributed by atoms with Gasteiger partial charge in [-0.05, 0) is 25.8 Å². The number of nitrogens with two attached hydrogens (primary N) is 1. The normalized spacial score (nSPS) is 19.9. The van der Waals surface area contributed by atoms with Crippen LogP contribution in [0.15, 0.2) is 6.20 Å². The van der Waals surface area contributed by atoms with Crippen LogP contribution in [0.5, 0.6) is 0 Å². The highest BCUT2D eigenvalue weighted by atomic mass is 32.1. The van der Waals surface area contributed by atoms with Crippen LogP contribution in [0.4, 0.5) is 5.13 Å². The van der Waals surface area contributed by atoms with Gasteiger partial charge in [0.05, 0.1) is 12.8 Å². The monoisotopic (exact) mass is 298 g/mol. The van der Waals surface area contributed by atoms with Gasteiger partial charge in [0.25, 0.3) is 5.91 Å². The van der Waals surface area contributed by atoms with Gasteiger partial charge in [-0.1, -0.05) is 17.8 Å². The Balaban J connectivity index is 1.67. The quantitative estimate of drug-likeness (QED) is 0.672. The number of amides is 1. The van der Waals surface area contributed by atoms with E-state index in [1.165, 1.54) is 30.4 Å². The largest absolute Gasteiger partial charge is 0.395 e. The van der Waals surface area contributed by atoms with E-state index in [4.69, 9.17) is 5.73 Å². The highest BCUT2D eigenvalue weighted by Crippen LogP contribution is 2.16. The Morgan fingerprint density at radius 2 is 2.45 bits per heavy atom. The number of aromatic nitrogens is 1. The molecule has 1 aliphatic rings. The molecule has 112 valence electrons. The number of hydrogen-bond acceptors (Lipinski definition) is 6. The Kier molecular flexibility index (Phi) is 5.75. The molecule has 0 aromatic carbocycles. The molecule has 1 aliphatic heterocycles. The average molecular weight is 298 g/mol. The summed E-state index contributed by atoms with van der Waals surface area (Å²) < 4.78 is 0. The lowest BCUT2D eigenvalue weighted by Gasteiger charge is -2.34. The zero-order chi connectivity index (χ0) is 14.4. The Labute approximate surface area is 123 Å². The smallest absolute Gasteiger partial charge is 0.263 e. The van der Waals surface area contributed by atoms with E-state index >= 15 is 0 Å². The Bertz CT molecular complexity index is 438. The number of aliphatic hydroxyl groups excluding tert-OH is 1. The van der Waals surface area contributed by atoms with Crippen molar-refractivity contribution in [3.8, 4) is 0 Å². The third-order valence-corrected chi connectivity index (χ3v) is 4.44. The number of hydrogen-bond donors (Lipinski definition) is 3. The number of thiazole rings is 1. The lowest BCUT2D eigenvalue weighted by atomic mass is 10.0. The number of rotatable bonds is 6. The minimum absolute atomic E-state index is 0.114. The Morgan fingerprint density at radius 3 is 3.15 bits per heavy atom. The van der Waals surface area contributed by atoms with E-state index in [0.717, 1.165) is 25.9 Å². The van der Waals surface area contributed by atoms with Gasteiger partial charge in [-0.25, -0.2) is 4.98 Å². The molecule has 2 rings (SSSR count). The molecular formula is C13H22N4O2S. The van der Waals surface area contributed by atoms with Crippen molar-refractivity contribution in [3.63, 3.8) is 0 Å². The zero-order valence-corrected chi connectivity index (χ0v) is 12.4. The van der Waals surface area contributed by atoms with Crippen LogP contribution in [0.3, 0.4) is 0 Å². The van der Waals surface area contributed by atoms with E-state index in [-0.39, 0.29) is 12.5 Å². The van der Waals surface area contributed by atoms with Gasteiger partial charge >= 0.3 is 0 Å². The van der Waals surface area contributed by atoms with Crippen LogP contribution < -0.4 is 11.1 Å². The van der Waals surface area contributed by atoms with Crippen molar-refractivity contribution >= 4 is 22.4 Å². The zero-order valence-electron chi connectivity index (χ0n) is 11.5. The average Bonchev–Trinajstić information content (AvgIpc) is 2.90. The van der Waals surface area contributed by atoms with Crippen LogP contribution in [-0.4, -0.2) is 53.2 Å². The Hall–Kier alpha value is -1.18. The lowest BCUT2D eigenvalue weighted by molar-refractivity contribution is 0.0869. The van der Waals surface area contributed by atoms with Gasteiger partial charge < -0.3 is 16.2 Å². The Morgan fingerprint density at radius 1 is 1.60 bits per heavy atom. The molecule has 20 heavy (non-hydrogen) atoms. The van der Waals surface area contributed by atoms with Gasteiger partial charge in [0.1, 0.15) is 4.88 Å². The maximum atomic E-state index is 11.8. The number of carbonyl (C=O) groups excluding carboxylic acids is 1. The number of piperidine rings is 1. The number of aliphatic hydroxyl groups is 1. The van der Waals surface area contributed by atoms with Crippen LogP contribution in [0.25, 0.3) is 0 Å². The first-order chi connectivity index (χ1) is 9.70. The standard InChI is InChI=1S/C13H22N4O2S/c14-13-16-8-11(20-13)12(19)15-5-3-7-17-6-2-1-4-10(17)9-18/h8,10,18H,1-7,9H2,(H2,14,16)(H,15,19). The molecule has 0 spiro atoms. The summed E-state index contributed by atoms with van der Waals surface area (Å²) >= 11 is 1.20.